The van der Waals surface area contributed by atoms with E-state index < -0.39 is 0 Å². The van der Waals surface area contributed by atoms with Crippen molar-refractivity contribution >= 4 is 5.91 Å². The number of carbonyl (C=O) groups excluding carboxylic acids is 1. The number of nitrogens with zero attached hydrogens (tertiary/aromatic N) is 4. The molecule has 2 aliphatic rings. The Kier molecular flexibility index (Phi) is 2.38. The van der Waals surface area contributed by atoms with E-state index in [1.165, 1.54) is 0 Å². The van der Waals surface area contributed by atoms with Crippen LogP contribution >= 0.6 is 0 Å². The van der Waals surface area contributed by atoms with Gasteiger partial charge in [-0.15, -0.1) is 10.2 Å². The van der Waals surface area contributed by atoms with E-state index in [-0.39, 0.29) is 5.91 Å². The lowest BCUT2D eigenvalue weighted by molar-refractivity contribution is 0.0774. The zero-order valence-corrected chi connectivity index (χ0v) is 9.35. The highest BCUT2D eigenvalue weighted by molar-refractivity contribution is 5.90. The highest BCUT2D eigenvalue weighted by atomic mass is 16.2. The average Bonchev–Trinajstić information content (AvgIpc) is 2.98. The van der Waals surface area contributed by atoms with E-state index in [2.05, 4.69) is 10.2 Å². The molecule has 1 amide bonds. The Hall–Kier alpha value is -1.39. The molecule has 1 fully saturated rings. The molecule has 0 saturated carbocycles. The Balaban J connectivity index is 1.88. The molecule has 0 unspecified atom stereocenters. The second-order valence-electron chi connectivity index (χ2n) is 4.55. The lowest BCUT2D eigenvalue weighted by Crippen LogP contribution is -2.31. The maximum Gasteiger partial charge on any atom is 0.291 e. The Morgan fingerprint density at radius 2 is 1.75 bits per heavy atom. The molecule has 0 radical (unpaired) electrons. The van der Waals surface area contributed by atoms with Gasteiger partial charge in [-0.05, 0) is 25.7 Å². The minimum Gasteiger partial charge on any atom is -0.336 e. The standard InChI is InChI=1S/C11H16N4O/c16-11(14-6-3-4-7-14)10-13-12-9-5-1-2-8-15(9)10/h1-8H2. The second kappa shape index (κ2) is 3.88. The lowest BCUT2D eigenvalue weighted by Gasteiger charge is -2.18. The van der Waals surface area contributed by atoms with Crippen molar-refractivity contribution in [3.05, 3.63) is 11.6 Å². The molecular formula is C11H16N4O. The summed E-state index contributed by atoms with van der Waals surface area (Å²) < 4.78 is 2.00. The predicted molar refractivity (Wildman–Crippen MR) is 58.1 cm³/mol. The summed E-state index contributed by atoms with van der Waals surface area (Å²) in [7, 11) is 0. The van der Waals surface area contributed by atoms with Gasteiger partial charge in [-0.25, -0.2) is 0 Å². The van der Waals surface area contributed by atoms with E-state index in [1.807, 2.05) is 9.47 Å². The molecule has 0 bridgehead atoms. The van der Waals surface area contributed by atoms with Gasteiger partial charge < -0.3 is 9.47 Å². The normalized spacial score (nSPS) is 19.9. The van der Waals surface area contributed by atoms with Crippen LogP contribution in [0.1, 0.15) is 42.1 Å². The summed E-state index contributed by atoms with van der Waals surface area (Å²) in [6.45, 7) is 2.65. The minimum absolute atomic E-state index is 0.0677. The van der Waals surface area contributed by atoms with Crippen molar-refractivity contribution < 1.29 is 4.79 Å². The number of likely N-dealkylation sites (tertiary alicyclic amines) is 1. The second-order valence-corrected chi connectivity index (χ2v) is 4.55. The smallest absolute Gasteiger partial charge is 0.291 e. The van der Waals surface area contributed by atoms with Crippen molar-refractivity contribution in [1.29, 1.82) is 0 Å². The van der Waals surface area contributed by atoms with Crippen molar-refractivity contribution in [2.24, 2.45) is 0 Å². The molecule has 1 aromatic heterocycles. The molecule has 1 aromatic rings. The maximum atomic E-state index is 12.2. The SMILES string of the molecule is O=C(c1nnc2n1CCCC2)N1CCCC1. The van der Waals surface area contributed by atoms with Crippen LogP contribution in [0.25, 0.3) is 0 Å². The zero-order valence-electron chi connectivity index (χ0n) is 9.35. The molecule has 0 N–H and O–H groups in total. The van der Waals surface area contributed by atoms with Gasteiger partial charge in [0.25, 0.3) is 5.91 Å². The van der Waals surface area contributed by atoms with E-state index >= 15 is 0 Å². The van der Waals surface area contributed by atoms with Crippen LogP contribution in [0.2, 0.25) is 0 Å². The molecule has 0 aromatic carbocycles. The van der Waals surface area contributed by atoms with Gasteiger partial charge in [0.2, 0.25) is 5.82 Å². The van der Waals surface area contributed by atoms with Crippen LogP contribution < -0.4 is 0 Å². The number of fused-ring (bicyclic) bond motifs is 1. The molecule has 86 valence electrons. The third kappa shape index (κ3) is 1.50. The summed E-state index contributed by atoms with van der Waals surface area (Å²) in [5.74, 6) is 1.60. The number of aryl methyl sites for hydroxylation is 1. The summed E-state index contributed by atoms with van der Waals surface area (Å²) in [4.78, 5) is 14.1. The topological polar surface area (TPSA) is 51.0 Å². The van der Waals surface area contributed by atoms with Crippen LogP contribution in [0.5, 0.6) is 0 Å². The van der Waals surface area contributed by atoms with Crippen LogP contribution in [-0.4, -0.2) is 38.7 Å². The van der Waals surface area contributed by atoms with Crippen LogP contribution in [0, 0.1) is 0 Å². The summed E-state index contributed by atoms with van der Waals surface area (Å²) in [6.07, 6.45) is 5.49. The highest BCUT2D eigenvalue weighted by Gasteiger charge is 2.26. The maximum absolute atomic E-state index is 12.2. The van der Waals surface area contributed by atoms with E-state index in [4.69, 9.17) is 0 Å². The van der Waals surface area contributed by atoms with Crippen LogP contribution in [0.3, 0.4) is 0 Å². The number of aromatic nitrogens is 3. The molecule has 3 rings (SSSR count). The molecule has 5 heteroatoms. The van der Waals surface area contributed by atoms with Crippen LogP contribution in [-0.2, 0) is 13.0 Å². The van der Waals surface area contributed by atoms with E-state index in [1.54, 1.807) is 0 Å². The number of carbonyl (C=O) groups is 1. The van der Waals surface area contributed by atoms with Crippen LogP contribution in [0.15, 0.2) is 0 Å². The van der Waals surface area contributed by atoms with E-state index in [0.717, 1.165) is 57.6 Å². The number of amides is 1. The van der Waals surface area contributed by atoms with Gasteiger partial charge in [-0.2, -0.15) is 0 Å². The highest BCUT2D eigenvalue weighted by Crippen LogP contribution is 2.17. The van der Waals surface area contributed by atoms with E-state index in [9.17, 15) is 4.79 Å². The summed E-state index contributed by atoms with van der Waals surface area (Å²) >= 11 is 0. The minimum atomic E-state index is 0.0677. The Labute approximate surface area is 94.5 Å². The molecule has 3 heterocycles. The molecule has 1 saturated heterocycles. The third-order valence-electron chi connectivity index (χ3n) is 3.44. The largest absolute Gasteiger partial charge is 0.336 e. The molecule has 0 aliphatic carbocycles. The first kappa shape index (κ1) is 9.81. The fraction of sp³-hybridized carbons (Fsp3) is 0.727. The van der Waals surface area contributed by atoms with Gasteiger partial charge in [0.05, 0.1) is 0 Å². The van der Waals surface area contributed by atoms with Gasteiger partial charge in [0.15, 0.2) is 0 Å². The van der Waals surface area contributed by atoms with Crippen LogP contribution in [0.4, 0.5) is 0 Å². The van der Waals surface area contributed by atoms with Crippen molar-refractivity contribution in [1.82, 2.24) is 19.7 Å². The lowest BCUT2D eigenvalue weighted by atomic mass is 10.1. The van der Waals surface area contributed by atoms with Crippen molar-refractivity contribution in [3.8, 4) is 0 Å². The van der Waals surface area contributed by atoms with E-state index in [0.29, 0.717) is 5.82 Å². The molecule has 16 heavy (non-hydrogen) atoms. The quantitative estimate of drug-likeness (QED) is 0.705. The Morgan fingerprint density at radius 3 is 2.56 bits per heavy atom. The summed E-state index contributed by atoms with van der Waals surface area (Å²) in [5, 5.41) is 8.18. The van der Waals surface area contributed by atoms with Crippen molar-refractivity contribution in [3.63, 3.8) is 0 Å². The number of rotatable bonds is 1. The van der Waals surface area contributed by atoms with Gasteiger partial charge in [-0.3, -0.25) is 4.79 Å². The first-order valence-corrected chi connectivity index (χ1v) is 6.07. The molecule has 0 atom stereocenters. The Morgan fingerprint density at radius 1 is 1.00 bits per heavy atom. The monoisotopic (exact) mass is 220 g/mol. The number of hydrogen-bond acceptors (Lipinski definition) is 3. The first-order valence-electron chi connectivity index (χ1n) is 6.07. The molecular weight excluding hydrogens is 204 g/mol. The Bertz CT molecular complexity index is 406. The third-order valence-corrected chi connectivity index (χ3v) is 3.44. The summed E-state index contributed by atoms with van der Waals surface area (Å²) in [6, 6.07) is 0. The first-order chi connectivity index (χ1) is 7.86. The fourth-order valence-electron chi connectivity index (χ4n) is 2.53. The average molecular weight is 220 g/mol. The summed E-state index contributed by atoms with van der Waals surface area (Å²) in [5.41, 5.74) is 0. The van der Waals surface area contributed by atoms with Crippen molar-refractivity contribution in [2.75, 3.05) is 13.1 Å². The van der Waals surface area contributed by atoms with Gasteiger partial charge in [0, 0.05) is 26.1 Å². The fourth-order valence-corrected chi connectivity index (χ4v) is 2.53. The molecule has 5 nitrogen and oxygen atoms in total. The van der Waals surface area contributed by atoms with Gasteiger partial charge >= 0.3 is 0 Å². The molecule has 2 aliphatic heterocycles. The zero-order chi connectivity index (χ0) is 11.0. The van der Waals surface area contributed by atoms with Gasteiger partial charge in [-0.1, -0.05) is 0 Å². The van der Waals surface area contributed by atoms with Crippen molar-refractivity contribution in [2.45, 2.75) is 38.6 Å². The number of hydrogen-bond donors (Lipinski definition) is 0. The predicted octanol–water partition coefficient (Wildman–Crippen LogP) is 0.850. The molecule has 0 spiro atoms. The van der Waals surface area contributed by atoms with Gasteiger partial charge in [0.1, 0.15) is 5.82 Å².